The number of hydrogen-bond donors (Lipinski definition) is 0. The third-order valence-electron chi connectivity index (χ3n) is 12.3. The van der Waals surface area contributed by atoms with E-state index < -0.39 is 11.7 Å². The summed E-state index contributed by atoms with van der Waals surface area (Å²) in [5, 5.41) is 4.09. The standard InChI is InChI=1S/C55H40F3N3/c1-32-18-22-39(35(4)26-32)37-20-24-50-43(28-37)41-13-7-9-16-48(41)60(50)52-30-45(54-34(3)12-11-15-46(54)55(56,57)58)47(59-6)31-53(52)61-49-17-10-8-14-42(49)44-29-38(21-25-51(44)61)40-23-19-33(2)27-36(40)5/h7-31H,1-5H3. The minimum absolute atomic E-state index is 0.00651. The maximum absolute atomic E-state index is 14.9. The van der Waals surface area contributed by atoms with E-state index in [0.717, 1.165) is 71.9 Å². The van der Waals surface area contributed by atoms with Gasteiger partial charge in [-0.2, -0.15) is 13.2 Å². The van der Waals surface area contributed by atoms with Crippen LogP contribution < -0.4 is 0 Å². The molecule has 0 N–H and O–H groups in total. The van der Waals surface area contributed by atoms with Crippen LogP contribution in [0.1, 0.15) is 33.4 Å². The van der Waals surface area contributed by atoms with Gasteiger partial charge in [0.15, 0.2) is 5.69 Å². The quantitative estimate of drug-likeness (QED) is 0.154. The van der Waals surface area contributed by atoms with Gasteiger partial charge >= 0.3 is 6.18 Å². The highest BCUT2D eigenvalue weighted by molar-refractivity contribution is 6.13. The molecule has 3 nitrogen and oxygen atoms in total. The van der Waals surface area contributed by atoms with Gasteiger partial charge in [-0.15, -0.1) is 0 Å². The maximum atomic E-state index is 14.9. The second-order valence-electron chi connectivity index (χ2n) is 16.3. The summed E-state index contributed by atoms with van der Waals surface area (Å²) in [5.41, 5.74) is 14.2. The number of aryl methyl sites for hydroxylation is 5. The SMILES string of the molecule is [C-]#[N+]c1cc(-n2c3ccccc3c3cc(-c4ccc(C)cc4C)ccc32)c(-n2c3ccccc3c3cc(-c4ccc(C)cc4C)ccc32)cc1-c1c(C)cccc1C(F)(F)F. The van der Waals surface area contributed by atoms with Crippen molar-refractivity contribution in [3.63, 3.8) is 0 Å². The van der Waals surface area contributed by atoms with Crippen LogP contribution in [0.5, 0.6) is 0 Å². The van der Waals surface area contributed by atoms with Gasteiger partial charge in [-0.05, 0) is 139 Å². The largest absolute Gasteiger partial charge is 0.416 e. The molecule has 0 amide bonds. The lowest BCUT2D eigenvalue weighted by atomic mass is 9.92. The number of halogens is 3. The minimum atomic E-state index is -4.64. The van der Waals surface area contributed by atoms with Crippen LogP contribution in [-0.2, 0) is 6.18 Å². The Morgan fingerprint density at radius 1 is 0.443 bits per heavy atom. The summed E-state index contributed by atoms with van der Waals surface area (Å²) < 4.78 is 49.1. The van der Waals surface area contributed by atoms with Crippen molar-refractivity contribution in [1.82, 2.24) is 9.13 Å². The summed E-state index contributed by atoms with van der Waals surface area (Å²) in [7, 11) is 0. The van der Waals surface area contributed by atoms with Gasteiger partial charge in [-0.25, -0.2) is 4.85 Å². The van der Waals surface area contributed by atoms with E-state index in [1.54, 1.807) is 19.1 Å². The molecule has 10 aromatic rings. The van der Waals surface area contributed by atoms with Crippen LogP contribution in [0, 0.1) is 41.2 Å². The molecule has 0 aliphatic carbocycles. The van der Waals surface area contributed by atoms with Crippen molar-refractivity contribution in [2.24, 2.45) is 0 Å². The molecule has 10 rings (SSSR count). The number of nitrogens with zero attached hydrogens (tertiary/aromatic N) is 3. The molecule has 6 heteroatoms. The lowest BCUT2D eigenvalue weighted by Crippen LogP contribution is -2.09. The Morgan fingerprint density at radius 2 is 0.934 bits per heavy atom. The number of fused-ring (bicyclic) bond motifs is 6. The third kappa shape index (κ3) is 6.11. The van der Waals surface area contributed by atoms with Gasteiger partial charge < -0.3 is 9.13 Å². The van der Waals surface area contributed by atoms with Gasteiger partial charge in [-0.3, -0.25) is 0 Å². The van der Waals surface area contributed by atoms with Crippen LogP contribution >= 0.6 is 0 Å². The van der Waals surface area contributed by atoms with Gasteiger partial charge in [0.1, 0.15) is 0 Å². The highest BCUT2D eigenvalue weighted by Gasteiger charge is 2.35. The van der Waals surface area contributed by atoms with Crippen LogP contribution in [0.4, 0.5) is 18.9 Å². The van der Waals surface area contributed by atoms with E-state index in [0.29, 0.717) is 16.9 Å². The second-order valence-corrected chi connectivity index (χ2v) is 16.3. The van der Waals surface area contributed by atoms with E-state index in [1.807, 2.05) is 30.3 Å². The van der Waals surface area contributed by atoms with Gasteiger partial charge in [0.05, 0.1) is 45.6 Å². The molecule has 0 bridgehead atoms. The summed E-state index contributed by atoms with van der Waals surface area (Å²) in [5.74, 6) is 0. The predicted molar refractivity (Wildman–Crippen MR) is 246 cm³/mol. The van der Waals surface area contributed by atoms with Gasteiger partial charge in [0.2, 0.25) is 0 Å². The molecule has 2 aromatic heterocycles. The van der Waals surface area contributed by atoms with Crippen molar-refractivity contribution in [3.05, 3.63) is 196 Å². The van der Waals surface area contributed by atoms with Gasteiger partial charge in [0.25, 0.3) is 0 Å². The van der Waals surface area contributed by atoms with Crippen LogP contribution in [0.15, 0.2) is 152 Å². The van der Waals surface area contributed by atoms with Crippen molar-refractivity contribution in [2.75, 3.05) is 0 Å². The van der Waals surface area contributed by atoms with Crippen molar-refractivity contribution in [3.8, 4) is 44.8 Å². The number of aromatic nitrogens is 2. The number of para-hydroxylation sites is 2. The van der Waals surface area contributed by atoms with Crippen LogP contribution in [0.3, 0.4) is 0 Å². The van der Waals surface area contributed by atoms with E-state index in [4.69, 9.17) is 6.57 Å². The van der Waals surface area contributed by atoms with Crippen LogP contribution in [0.25, 0.3) is 93.2 Å². The van der Waals surface area contributed by atoms with Crippen LogP contribution in [-0.4, -0.2) is 9.13 Å². The number of rotatable bonds is 5. The van der Waals surface area contributed by atoms with Gasteiger partial charge in [0, 0.05) is 21.5 Å². The molecular weight excluding hydrogens is 760 g/mol. The number of benzene rings is 8. The Kier molecular flexibility index (Phi) is 8.78. The molecule has 0 aliphatic heterocycles. The molecule has 0 saturated carbocycles. The Morgan fingerprint density at radius 3 is 1.43 bits per heavy atom. The Hall–Kier alpha value is -7.36. The Bertz CT molecular complexity index is 3480. The highest BCUT2D eigenvalue weighted by Crippen LogP contribution is 2.47. The molecule has 2 heterocycles. The number of alkyl halides is 3. The first kappa shape index (κ1) is 37.9. The molecule has 0 fully saturated rings. The summed E-state index contributed by atoms with van der Waals surface area (Å²) in [6.07, 6.45) is -4.64. The second kappa shape index (κ2) is 14.1. The average Bonchev–Trinajstić information content (AvgIpc) is 3.75. The minimum Gasteiger partial charge on any atom is -0.308 e. The summed E-state index contributed by atoms with van der Waals surface area (Å²) in [6, 6.07) is 50.2. The normalized spacial score (nSPS) is 11.9. The van der Waals surface area contributed by atoms with E-state index >= 15 is 0 Å². The zero-order chi connectivity index (χ0) is 42.3. The summed E-state index contributed by atoms with van der Waals surface area (Å²) >= 11 is 0. The monoisotopic (exact) mass is 799 g/mol. The zero-order valence-corrected chi connectivity index (χ0v) is 34.4. The van der Waals surface area contributed by atoms with Gasteiger partial charge in [-0.1, -0.05) is 108 Å². The van der Waals surface area contributed by atoms with Crippen LogP contribution in [0.2, 0.25) is 0 Å². The Labute approximate surface area is 352 Å². The van der Waals surface area contributed by atoms with E-state index in [2.05, 4.69) is 139 Å². The first-order valence-electron chi connectivity index (χ1n) is 20.4. The Balaban J connectivity index is 1.34. The van der Waals surface area contributed by atoms with E-state index in [1.165, 1.54) is 28.3 Å². The lowest BCUT2D eigenvalue weighted by Gasteiger charge is -2.22. The predicted octanol–water partition coefficient (Wildman–Crippen LogP) is 16.0. The topological polar surface area (TPSA) is 14.2 Å². The smallest absolute Gasteiger partial charge is 0.308 e. The molecule has 61 heavy (non-hydrogen) atoms. The fourth-order valence-electron chi connectivity index (χ4n) is 9.55. The molecular formula is C55H40F3N3. The first-order valence-corrected chi connectivity index (χ1v) is 20.4. The molecule has 0 atom stereocenters. The zero-order valence-electron chi connectivity index (χ0n) is 34.4. The lowest BCUT2D eigenvalue weighted by molar-refractivity contribution is -0.137. The van der Waals surface area contributed by atoms with Crippen molar-refractivity contribution in [1.29, 1.82) is 0 Å². The van der Waals surface area contributed by atoms with Crippen molar-refractivity contribution in [2.45, 2.75) is 40.8 Å². The highest BCUT2D eigenvalue weighted by atomic mass is 19.4. The molecule has 8 aromatic carbocycles. The fourth-order valence-corrected chi connectivity index (χ4v) is 9.55. The molecule has 0 aliphatic rings. The van der Waals surface area contributed by atoms with E-state index in [-0.39, 0.29) is 16.8 Å². The van der Waals surface area contributed by atoms with Crippen molar-refractivity contribution < 1.29 is 13.2 Å². The fraction of sp³-hybridized carbons (Fsp3) is 0.109. The molecule has 0 radical (unpaired) electrons. The first-order chi connectivity index (χ1) is 29.4. The molecule has 296 valence electrons. The molecule has 0 saturated heterocycles. The number of hydrogen-bond acceptors (Lipinski definition) is 0. The molecule has 0 unspecified atom stereocenters. The van der Waals surface area contributed by atoms with E-state index in [9.17, 15) is 13.2 Å². The van der Waals surface area contributed by atoms with Crippen molar-refractivity contribution >= 4 is 49.3 Å². The summed E-state index contributed by atoms with van der Waals surface area (Å²) in [6.45, 7) is 18.6. The third-order valence-corrected chi connectivity index (χ3v) is 12.3. The molecule has 0 spiro atoms. The average molecular weight is 800 g/mol. The summed E-state index contributed by atoms with van der Waals surface area (Å²) in [4.78, 5) is 3.98. The maximum Gasteiger partial charge on any atom is 0.416 e.